The molecule has 0 bridgehead atoms. The first kappa shape index (κ1) is 35.4. The van der Waals surface area contributed by atoms with Gasteiger partial charge in [-0.05, 0) is 49.4 Å². The topological polar surface area (TPSA) is 197 Å². The number of carboxylic acid groups (broad SMARTS) is 1. The van der Waals surface area contributed by atoms with E-state index in [4.69, 9.17) is 20.8 Å². The molecule has 3 heterocycles. The third-order valence-electron chi connectivity index (χ3n) is 9.88. The number of ether oxygens (including phenoxy) is 1. The van der Waals surface area contributed by atoms with E-state index < -0.39 is 80.5 Å². The number of likely N-dealkylation sites (tertiary alicyclic amines) is 1. The molecule has 0 radical (unpaired) electrons. The van der Waals surface area contributed by atoms with Crippen LogP contribution in [0.2, 0.25) is 5.02 Å². The van der Waals surface area contributed by atoms with Gasteiger partial charge in [0.05, 0.1) is 22.3 Å². The SMILES string of the molecule is C=CC1CC1(NC(=O)[C@@H]1C[C@@H](Oc2c3ccc(F)cc3nc3c2oc2c(Cl)cccc23)CN1C(=O)[C@@H](NC(=O)O)C(C)C)C(=O)NS(=O)(=O)C1CC1. The molecule has 5 atom stereocenters. The minimum atomic E-state index is -3.95. The highest BCUT2D eigenvalue weighted by atomic mass is 35.5. The Kier molecular flexibility index (Phi) is 8.80. The van der Waals surface area contributed by atoms with E-state index in [1.807, 2.05) is 0 Å². The molecule has 17 heteroatoms. The number of amides is 4. The molecular formula is C35H35ClFN5O9S. The molecule has 4 N–H and O–H groups in total. The fourth-order valence-electron chi connectivity index (χ4n) is 6.87. The number of pyridine rings is 1. The van der Waals surface area contributed by atoms with Crippen molar-refractivity contribution in [2.24, 2.45) is 11.8 Å². The number of carbonyl (C=O) groups is 4. The molecule has 4 amide bonds. The smallest absolute Gasteiger partial charge is 0.405 e. The monoisotopic (exact) mass is 755 g/mol. The molecule has 3 aliphatic rings. The minimum absolute atomic E-state index is 0.0796. The Morgan fingerprint density at radius 3 is 2.58 bits per heavy atom. The molecule has 2 aromatic heterocycles. The Balaban J connectivity index is 1.25. The zero-order valence-corrected chi connectivity index (χ0v) is 29.6. The van der Waals surface area contributed by atoms with Gasteiger partial charge in [-0.15, -0.1) is 6.58 Å². The highest BCUT2D eigenvalue weighted by Crippen LogP contribution is 2.46. The number of sulfonamides is 1. The Bertz CT molecular complexity index is 2290. The summed E-state index contributed by atoms with van der Waals surface area (Å²) in [5.74, 6) is -3.89. The molecule has 2 aromatic carbocycles. The van der Waals surface area contributed by atoms with Crippen molar-refractivity contribution < 1.29 is 46.2 Å². The van der Waals surface area contributed by atoms with Gasteiger partial charge in [-0.3, -0.25) is 19.1 Å². The molecule has 7 rings (SSSR count). The summed E-state index contributed by atoms with van der Waals surface area (Å²) in [6.45, 7) is 6.80. The second kappa shape index (κ2) is 12.9. The van der Waals surface area contributed by atoms with Crippen LogP contribution in [-0.4, -0.2) is 82.7 Å². The molecule has 0 spiro atoms. The number of fused-ring (bicyclic) bond motifs is 4. The number of nitrogens with zero attached hydrogens (tertiary/aromatic N) is 2. The lowest BCUT2D eigenvalue weighted by Crippen LogP contribution is -2.59. The maximum absolute atomic E-state index is 14.4. The predicted molar refractivity (Wildman–Crippen MR) is 188 cm³/mol. The van der Waals surface area contributed by atoms with E-state index in [-0.39, 0.29) is 36.2 Å². The van der Waals surface area contributed by atoms with Crippen LogP contribution in [-0.2, 0) is 24.4 Å². The summed E-state index contributed by atoms with van der Waals surface area (Å²) in [5, 5.41) is 15.0. The van der Waals surface area contributed by atoms with Crippen molar-refractivity contribution in [2.75, 3.05) is 6.54 Å². The minimum Gasteiger partial charge on any atom is -0.484 e. The molecule has 2 unspecified atom stereocenters. The molecule has 274 valence electrons. The van der Waals surface area contributed by atoms with E-state index in [1.54, 1.807) is 32.0 Å². The summed E-state index contributed by atoms with van der Waals surface area (Å²) in [4.78, 5) is 59.2. The Morgan fingerprint density at radius 1 is 1.17 bits per heavy atom. The number of furan rings is 1. The second-order valence-electron chi connectivity index (χ2n) is 13.8. The van der Waals surface area contributed by atoms with Crippen molar-refractivity contribution in [1.82, 2.24) is 25.2 Å². The van der Waals surface area contributed by atoms with Crippen LogP contribution in [0.3, 0.4) is 0 Å². The van der Waals surface area contributed by atoms with E-state index in [0.29, 0.717) is 39.7 Å². The highest BCUT2D eigenvalue weighted by molar-refractivity contribution is 7.91. The quantitative estimate of drug-likeness (QED) is 0.161. The molecule has 14 nitrogen and oxygen atoms in total. The van der Waals surface area contributed by atoms with Gasteiger partial charge in [-0.2, -0.15) is 0 Å². The van der Waals surface area contributed by atoms with Gasteiger partial charge in [0.25, 0.3) is 5.91 Å². The maximum atomic E-state index is 14.4. The number of hydrogen-bond donors (Lipinski definition) is 4. The van der Waals surface area contributed by atoms with E-state index in [0.717, 1.165) is 0 Å². The zero-order valence-electron chi connectivity index (χ0n) is 28.0. The van der Waals surface area contributed by atoms with Gasteiger partial charge in [-0.25, -0.2) is 22.6 Å². The van der Waals surface area contributed by atoms with Crippen LogP contribution in [0, 0.1) is 17.7 Å². The first-order chi connectivity index (χ1) is 24.6. The van der Waals surface area contributed by atoms with Crippen molar-refractivity contribution in [3.63, 3.8) is 0 Å². The first-order valence-electron chi connectivity index (χ1n) is 16.7. The molecular weight excluding hydrogens is 721 g/mol. The Morgan fingerprint density at radius 2 is 1.92 bits per heavy atom. The van der Waals surface area contributed by atoms with Crippen molar-refractivity contribution in [3.8, 4) is 5.75 Å². The summed E-state index contributed by atoms with van der Waals surface area (Å²) in [7, 11) is -3.95. The van der Waals surface area contributed by atoms with Crippen molar-refractivity contribution in [2.45, 2.75) is 68.5 Å². The number of rotatable bonds is 11. The normalized spacial score (nSPS) is 23.5. The molecule has 2 aliphatic carbocycles. The molecule has 3 fully saturated rings. The maximum Gasteiger partial charge on any atom is 0.405 e. The molecule has 4 aromatic rings. The fourth-order valence-corrected chi connectivity index (χ4v) is 8.45. The van der Waals surface area contributed by atoms with Gasteiger partial charge in [0, 0.05) is 29.2 Å². The largest absolute Gasteiger partial charge is 0.484 e. The van der Waals surface area contributed by atoms with Gasteiger partial charge in [0.15, 0.2) is 16.9 Å². The summed E-state index contributed by atoms with van der Waals surface area (Å²) in [6.07, 6.45) is -0.111. The Hall–Kier alpha value is -4.96. The van der Waals surface area contributed by atoms with Crippen molar-refractivity contribution >= 4 is 78.4 Å². The summed E-state index contributed by atoms with van der Waals surface area (Å²) in [5.41, 5.74) is -0.527. The van der Waals surface area contributed by atoms with E-state index >= 15 is 0 Å². The van der Waals surface area contributed by atoms with Crippen LogP contribution in [0.5, 0.6) is 5.75 Å². The van der Waals surface area contributed by atoms with Crippen molar-refractivity contribution in [3.05, 3.63) is 59.9 Å². The van der Waals surface area contributed by atoms with E-state index in [9.17, 15) is 37.1 Å². The number of benzene rings is 2. The van der Waals surface area contributed by atoms with Gasteiger partial charge >= 0.3 is 6.09 Å². The van der Waals surface area contributed by atoms with Crippen LogP contribution >= 0.6 is 11.6 Å². The van der Waals surface area contributed by atoms with E-state index in [1.165, 1.54) is 29.2 Å². The number of aromatic nitrogens is 1. The number of nitrogens with one attached hydrogen (secondary N) is 3. The van der Waals surface area contributed by atoms with Gasteiger partial charge in [-0.1, -0.05) is 37.6 Å². The number of para-hydroxylation sites is 1. The summed E-state index contributed by atoms with van der Waals surface area (Å²) >= 11 is 6.44. The average molecular weight is 756 g/mol. The molecule has 52 heavy (non-hydrogen) atoms. The third kappa shape index (κ3) is 6.27. The summed E-state index contributed by atoms with van der Waals surface area (Å²) in [6, 6.07) is 6.48. The lowest BCUT2D eigenvalue weighted by Gasteiger charge is -2.30. The zero-order chi connectivity index (χ0) is 37.3. The van der Waals surface area contributed by atoms with Gasteiger partial charge in [0.2, 0.25) is 21.8 Å². The second-order valence-corrected chi connectivity index (χ2v) is 16.2. The fraction of sp³-hybridized carbons (Fsp3) is 0.400. The molecule has 1 aliphatic heterocycles. The average Bonchev–Trinajstić information content (AvgIpc) is 3.99. The predicted octanol–water partition coefficient (Wildman–Crippen LogP) is 4.24. The van der Waals surface area contributed by atoms with Crippen LogP contribution in [0.1, 0.15) is 39.5 Å². The number of hydrogen-bond acceptors (Lipinski definition) is 9. The van der Waals surface area contributed by atoms with Crippen LogP contribution in [0.4, 0.5) is 9.18 Å². The number of carbonyl (C=O) groups excluding carboxylic acids is 3. The van der Waals surface area contributed by atoms with E-state index in [2.05, 4.69) is 26.9 Å². The first-order valence-corrected chi connectivity index (χ1v) is 18.6. The highest BCUT2D eigenvalue weighted by Gasteiger charge is 2.62. The van der Waals surface area contributed by atoms with Crippen molar-refractivity contribution in [1.29, 1.82) is 0 Å². The van der Waals surface area contributed by atoms with Gasteiger partial charge in [0.1, 0.15) is 35.1 Å². The lowest BCUT2D eigenvalue weighted by molar-refractivity contribution is -0.141. The number of halogens is 2. The third-order valence-corrected chi connectivity index (χ3v) is 12.0. The van der Waals surface area contributed by atoms with Crippen LogP contribution in [0.25, 0.3) is 33.0 Å². The summed E-state index contributed by atoms with van der Waals surface area (Å²) < 4.78 is 54.5. The van der Waals surface area contributed by atoms with Gasteiger partial charge < -0.3 is 29.8 Å². The van der Waals surface area contributed by atoms with Crippen LogP contribution in [0.15, 0.2) is 53.5 Å². The van der Waals surface area contributed by atoms with Crippen LogP contribution < -0.4 is 20.1 Å². The standard InChI is InChI=1S/C35H35ClFN5O9S/c1-4-17-14-35(17,33(45)41-52(48,49)20-9-10-20)40-31(43)25-13-19(15-42(25)32(44)26(16(2)3)39-34(46)47)50-29-21-11-8-18(37)12-24(21)38-27-22-6-5-7-23(36)28(22)51-30(27)29/h4-8,11-12,16-17,19-20,25-26,39H,1,9-10,13-15H2,2-3H3,(H,40,43)(H,41,45)(H,46,47)/t17?,19-,25+,26+,35?/m1/s1. The lowest BCUT2D eigenvalue weighted by atomic mass is 10.0. The molecule has 2 saturated carbocycles. The Labute approximate surface area is 301 Å². The molecule has 1 saturated heterocycles.